The third-order valence-corrected chi connectivity index (χ3v) is 5.49. The molecule has 2 fully saturated rings. The predicted octanol–water partition coefficient (Wildman–Crippen LogP) is 2.21. The Kier molecular flexibility index (Phi) is 7.41. The van der Waals surface area contributed by atoms with Crippen LogP contribution in [-0.4, -0.2) is 54.0 Å². The summed E-state index contributed by atoms with van der Waals surface area (Å²) in [7, 11) is 3.85. The number of likely N-dealkylation sites (N-methyl/N-ethyl adjacent to an activating group) is 1. The molecule has 1 aromatic heterocycles. The van der Waals surface area contributed by atoms with Gasteiger partial charge in [0.05, 0.1) is 18.3 Å². The number of aromatic nitrogens is 2. The predicted molar refractivity (Wildman–Crippen MR) is 108 cm³/mol. The Morgan fingerprint density at radius 1 is 1.19 bits per heavy atom. The molecule has 3 rings (SSSR count). The summed E-state index contributed by atoms with van der Waals surface area (Å²) in [5.74, 6) is 1.81. The molecule has 0 spiro atoms. The number of nitrogens with zero attached hydrogens (tertiary/aromatic N) is 3. The van der Waals surface area contributed by atoms with Gasteiger partial charge in [-0.3, -0.25) is 9.69 Å². The van der Waals surface area contributed by atoms with Gasteiger partial charge in [-0.1, -0.05) is 25.7 Å². The Balaban J connectivity index is 1.57. The van der Waals surface area contributed by atoms with E-state index < -0.39 is 0 Å². The van der Waals surface area contributed by atoms with E-state index in [1.165, 1.54) is 32.1 Å². The summed E-state index contributed by atoms with van der Waals surface area (Å²) in [4.78, 5) is 23.8. The number of nitrogens with one attached hydrogen (secondary N) is 3. The highest BCUT2D eigenvalue weighted by molar-refractivity contribution is 5.78. The average molecular weight is 375 g/mol. The van der Waals surface area contributed by atoms with Crippen LogP contribution in [0.4, 0.5) is 5.82 Å². The molecular weight excluding hydrogens is 340 g/mol. The van der Waals surface area contributed by atoms with Crippen molar-refractivity contribution >= 4 is 11.7 Å². The zero-order valence-electron chi connectivity index (χ0n) is 16.8. The van der Waals surface area contributed by atoms with Gasteiger partial charge in [-0.05, 0) is 39.3 Å². The Morgan fingerprint density at radius 3 is 2.67 bits per heavy atom. The fourth-order valence-corrected chi connectivity index (χ4v) is 4.05. The van der Waals surface area contributed by atoms with E-state index in [-0.39, 0.29) is 11.9 Å². The summed E-state index contributed by atoms with van der Waals surface area (Å²) in [6.45, 7) is 2.05. The fraction of sp³-hybridized carbons (Fsp3) is 0.750. The first-order valence-electron chi connectivity index (χ1n) is 10.4. The first-order valence-corrected chi connectivity index (χ1v) is 10.4. The topological polar surface area (TPSA) is 82.2 Å². The van der Waals surface area contributed by atoms with Crippen LogP contribution in [-0.2, 0) is 11.3 Å². The monoisotopic (exact) mass is 374 g/mol. The molecule has 3 N–H and O–H groups in total. The maximum atomic E-state index is 12.3. The van der Waals surface area contributed by atoms with Crippen LogP contribution in [0.5, 0.6) is 0 Å². The number of anilines is 1. The van der Waals surface area contributed by atoms with E-state index in [2.05, 4.69) is 20.9 Å². The molecule has 7 heteroatoms. The minimum Gasteiger partial charge on any atom is -0.373 e. The van der Waals surface area contributed by atoms with Crippen LogP contribution in [0.25, 0.3) is 0 Å². The van der Waals surface area contributed by atoms with Crippen LogP contribution in [0.15, 0.2) is 6.07 Å². The van der Waals surface area contributed by atoms with Crippen molar-refractivity contribution in [3.05, 3.63) is 17.6 Å². The quantitative estimate of drug-likeness (QED) is 0.679. The lowest BCUT2D eigenvalue weighted by Crippen LogP contribution is -2.41. The van der Waals surface area contributed by atoms with Gasteiger partial charge in [0.25, 0.3) is 0 Å². The van der Waals surface area contributed by atoms with Crippen LogP contribution < -0.4 is 16.0 Å². The van der Waals surface area contributed by atoms with E-state index in [4.69, 9.17) is 4.98 Å². The molecule has 1 atom stereocenters. The molecule has 1 saturated heterocycles. The largest absolute Gasteiger partial charge is 0.373 e. The van der Waals surface area contributed by atoms with Crippen molar-refractivity contribution in [1.29, 1.82) is 0 Å². The molecular formula is C20H34N6O. The zero-order valence-corrected chi connectivity index (χ0v) is 16.8. The first kappa shape index (κ1) is 20.0. The average Bonchev–Trinajstić information content (AvgIpc) is 2.69. The minimum atomic E-state index is 0.112. The Labute approximate surface area is 162 Å². The van der Waals surface area contributed by atoms with E-state index in [0.717, 1.165) is 43.1 Å². The highest BCUT2D eigenvalue weighted by Crippen LogP contribution is 2.22. The molecule has 1 aromatic rings. The third kappa shape index (κ3) is 6.14. The standard InChI is InChI=1S/C20H34N6O/c1-21-18-12-16(24-20(25-18)17-10-6-7-11-22-17)13-26(2)14-19(27)23-15-8-4-3-5-9-15/h12,15,17,22H,3-11,13-14H2,1-2H3,(H,23,27)(H,21,24,25)/t17-/m1/s1. The summed E-state index contributed by atoms with van der Waals surface area (Å²) >= 11 is 0. The minimum absolute atomic E-state index is 0.112. The molecule has 1 aliphatic carbocycles. The van der Waals surface area contributed by atoms with Crippen molar-refractivity contribution in [3.63, 3.8) is 0 Å². The molecule has 2 aliphatic rings. The number of hydrogen-bond acceptors (Lipinski definition) is 6. The second-order valence-corrected chi connectivity index (χ2v) is 7.93. The molecule has 1 aliphatic heterocycles. The SMILES string of the molecule is CNc1cc(CN(C)CC(=O)NC2CCCCC2)nc([C@H]2CCCCN2)n1. The molecule has 1 amide bonds. The first-order chi connectivity index (χ1) is 13.1. The molecule has 0 radical (unpaired) electrons. The summed E-state index contributed by atoms with van der Waals surface area (Å²) < 4.78 is 0. The number of carbonyl (C=O) groups is 1. The molecule has 1 saturated carbocycles. The highest BCUT2D eigenvalue weighted by Gasteiger charge is 2.20. The van der Waals surface area contributed by atoms with Gasteiger partial charge in [0.1, 0.15) is 11.6 Å². The summed E-state index contributed by atoms with van der Waals surface area (Å²) in [5.41, 5.74) is 0.949. The molecule has 150 valence electrons. The van der Waals surface area contributed by atoms with Gasteiger partial charge in [0.15, 0.2) is 0 Å². The van der Waals surface area contributed by atoms with Crippen molar-refractivity contribution in [2.24, 2.45) is 0 Å². The van der Waals surface area contributed by atoms with Crippen LogP contribution in [0.3, 0.4) is 0 Å². The second kappa shape index (κ2) is 9.99. The number of piperidine rings is 1. The Morgan fingerprint density at radius 2 is 1.96 bits per heavy atom. The molecule has 7 nitrogen and oxygen atoms in total. The van der Waals surface area contributed by atoms with E-state index in [9.17, 15) is 4.79 Å². The van der Waals surface area contributed by atoms with Crippen molar-refractivity contribution in [2.45, 2.75) is 70.0 Å². The third-order valence-electron chi connectivity index (χ3n) is 5.49. The van der Waals surface area contributed by atoms with Crippen LogP contribution in [0, 0.1) is 0 Å². The number of carbonyl (C=O) groups excluding carboxylic acids is 1. The van der Waals surface area contributed by atoms with Gasteiger partial charge in [0.2, 0.25) is 5.91 Å². The van der Waals surface area contributed by atoms with Gasteiger partial charge < -0.3 is 16.0 Å². The zero-order chi connectivity index (χ0) is 19.1. The van der Waals surface area contributed by atoms with Gasteiger partial charge >= 0.3 is 0 Å². The summed E-state index contributed by atoms with van der Waals surface area (Å²) in [5, 5.41) is 9.84. The molecule has 27 heavy (non-hydrogen) atoms. The van der Waals surface area contributed by atoms with E-state index in [1.54, 1.807) is 0 Å². The fourth-order valence-electron chi connectivity index (χ4n) is 4.05. The molecule has 2 heterocycles. The molecule has 0 bridgehead atoms. The smallest absolute Gasteiger partial charge is 0.234 e. The normalized spacial score (nSPS) is 21.2. The van der Waals surface area contributed by atoms with Gasteiger partial charge in [-0.2, -0.15) is 0 Å². The highest BCUT2D eigenvalue weighted by atomic mass is 16.2. The van der Waals surface area contributed by atoms with Crippen LogP contribution in [0.2, 0.25) is 0 Å². The summed E-state index contributed by atoms with van der Waals surface area (Å²) in [6, 6.07) is 2.56. The number of amides is 1. The van der Waals surface area contributed by atoms with Crippen LogP contribution in [0.1, 0.15) is 68.9 Å². The molecule has 0 unspecified atom stereocenters. The Bertz CT molecular complexity index is 610. The summed E-state index contributed by atoms with van der Waals surface area (Å²) in [6.07, 6.45) is 9.49. The van der Waals surface area contributed by atoms with Crippen molar-refractivity contribution in [3.8, 4) is 0 Å². The van der Waals surface area contributed by atoms with Gasteiger partial charge in [-0.15, -0.1) is 0 Å². The number of hydrogen-bond donors (Lipinski definition) is 3. The van der Waals surface area contributed by atoms with E-state index >= 15 is 0 Å². The van der Waals surface area contributed by atoms with E-state index in [0.29, 0.717) is 19.1 Å². The lowest BCUT2D eigenvalue weighted by Gasteiger charge is -2.25. The van der Waals surface area contributed by atoms with Crippen molar-refractivity contribution in [1.82, 2.24) is 25.5 Å². The lowest BCUT2D eigenvalue weighted by atomic mass is 9.95. The van der Waals surface area contributed by atoms with Crippen molar-refractivity contribution < 1.29 is 4.79 Å². The maximum Gasteiger partial charge on any atom is 0.234 e. The van der Waals surface area contributed by atoms with Gasteiger partial charge in [-0.25, -0.2) is 9.97 Å². The van der Waals surface area contributed by atoms with Crippen molar-refractivity contribution in [2.75, 3.05) is 32.5 Å². The molecule has 0 aromatic carbocycles. The second-order valence-electron chi connectivity index (χ2n) is 7.93. The number of rotatable bonds is 7. The van der Waals surface area contributed by atoms with Gasteiger partial charge in [0, 0.05) is 25.7 Å². The lowest BCUT2D eigenvalue weighted by molar-refractivity contribution is -0.123. The Hall–Kier alpha value is -1.73. The van der Waals surface area contributed by atoms with Crippen LogP contribution >= 0.6 is 0 Å². The maximum absolute atomic E-state index is 12.3. The van der Waals surface area contributed by atoms with E-state index in [1.807, 2.05) is 25.1 Å².